The maximum absolute atomic E-state index is 11.6. The second-order valence-electron chi connectivity index (χ2n) is 4.33. The number of carbonyl (C=O) groups is 1. The zero-order valence-corrected chi connectivity index (χ0v) is 11.3. The molecule has 1 rings (SSSR count). The van der Waals surface area contributed by atoms with E-state index in [1.165, 1.54) is 0 Å². The molecule has 0 aromatic heterocycles. The highest BCUT2D eigenvalue weighted by atomic mass is 16.5. The molecule has 1 aromatic rings. The Kier molecular flexibility index (Phi) is 6.05. The lowest BCUT2D eigenvalue weighted by molar-refractivity contribution is 0.236. The fourth-order valence-electron chi connectivity index (χ4n) is 1.80. The van der Waals surface area contributed by atoms with E-state index in [0.717, 1.165) is 24.2 Å². The fraction of sp³-hybridized carbons (Fsp3) is 0.500. The summed E-state index contributed by atoms with van der Waals surface area (Å²) in [5.74, 6) is 0.791. The Morgan fingerprint density at radius 2 is 2.11 bits per heavy atom. The van der Waals surface area contributed by atoms with Gasteiger partial charge in [-0.3, -0.25) is 0 Å². The van der Waals surface area contributed by atoms with Crippen molar-refractivity contribution in [3.05, 3.63) is 29.8 Å². The highest BCUT2D eigenvalue weighted by molar-refractivity contribution is 5.74. The summed E-state index contributed by atoms with van der Waals surface area (Å²) < 4.78 is 5.23. The topological polar surface area (TPSA) is 50.4 Å². The Morgan fingerprint density at radius 3 is 2.78 bits per heavy atom. The van der Waals surface area contributed by atoms with E-state index >= 15 is 0 Å². The molecular weight excluding hydrogens is 228 g/mol. The maximum atomic E-state index is 11.6. The Balaban J connectivity index is 2.42. The number of urea groups is 1. The quantitative estimate of drug-likeness (QED) is 0.815. The Morgan fingerprint density at radius 1 is 1.39 bits per heavy atom. The molecule has 4 heteroatoms. The molecule has 2 amide bonds. The molecule has 0 unspecified atom stereocenters. The van der Waals surface area contributed by atoms with Crippen molar-refractivity contribution in [1.29, 1.82) is 0 Å². The molecule has 1 aromatic carbocycles. The van der Waals surface area contributed by atoms with Gasteiger partial charge in [-0.1, -0.05) is 31.5 Å². The summed E-state index contributed by atoms with van der Waals surface area (Å²) >= 11 is 0. The molecule has 18 heavy (non-hydrogen) atoms. The van der Waals surface area contributed by atoms with Crippen LogP contribution in [0.2, 0.25) is 0 Å². The molecule has 0 aliphatic carbocycles. The zero-order valence-electron chi connectivity index (χ0n) is 11.3. The van der Waals surface area contributed by atoms with Gasteiger partial charge < -0.3 is 15.4 Å². The van der Waals surface area contributed by atoms with Gasteiger partial charge in [0.1, 0.15) is 5.75 Å². The molecule has 0 radical (unpaired) electrons. The summed E-state index contributed by atoms with van der Waals surface area (Å²) in [6.45, 7) is 4.58. The largest absolute Gasteiger partial charge is 0.496 e. The van der Waals surface area contributed by atoms with Gasteiger partial charge in [0.05, 0.1) is 7.11 Å². The standard InChI is InChI=1S/C14H22N2O2/c1-4-7-11(2)16-14(17)15-10-12-8-5-6-9-13(12)18-3/h5-6,8-9,11H,4,7,10H2,1-3H3,(H2,15,16,17)/t11-/m0/s1. The molecular formula is C14H22N2O2. The van der Waals surface area contributed by atoms with Crippen LogP contribution in [0.25, 0.3) is 0 Å². The maximum Gasteiger partial charge on any atom is 0.315 e. The lowest BCUT2D eigenvalue weighted by atomic mass is 10.2. The number of ether oxygens (including phenoxy) is 1. The third-order valence-corrected chi connectivity index (χ3v) is 2.73. The van der Waals surface area contributed by atoms with Gasteiger partial charge in [0.25, 0.3) is 0 Å². The Labute approximate surface area is 109 Å². The number of nitrogens with one attached hydrogen (secondary N) is 2. The minimum Gasteiger partial charge on any atom is -0.496 e. The van der Waals surface area contributed by atoms with Crippen LogP contribution in [0.1, 0.15) is 32.3 Å². The highest BCUT2D eigenvalue weighted by Gasteiger charge is 2.07. The van der Waals surface area contributed by atoms with E-state index in [2.05, 4.69) is 17.6 Å². The fourth-order valence-corrected chi connectivity index (χ4v) is 1.80. The summed E-state index contributed by atoms with van der Waals surface area (Å²) in [5, 5.41) is 5.73. The van der Waals surface area contributed by atoms with Crippen LogP contribution in [-0.2, 0) is 6.54 Å². The van der Waals surface area contributed by atoms with Crippen LogP contribution >= 0.6 is 0 Å². The average Bonchev–Trinajstić information content (AvgIpc) is 2.37. The van der Waals surface area contributed by atoms with Crippen LogP contribution in [0.3, 0.4) is 0 Å². The molecule has 0 spiro atoms. The number of benzene rings is 1. The number of carbonyl (C=O) groups excluding carboxylic acids is 1. The molecule has 0 saturated carbocycles. The van der Waals surface area contributed by atoms with E-state index in [0.29, 0.717) is 6.54 Å². The first-order chi connectivity index (χ1) is 8.67. The van der Waals surface area contributed by atoms with Crippen LogP contribution in [0, 0.1) is 0 Å². The minimum atomic E-state index is -0.137. The molecule has 1 atom stereocenters. The molecule has 0 fully saturated rings. The summed E-state index contributed by atoms with van der Waals surface area (Å²) in [5.41, 5.74) is 0.971. The van der Waals surface area contributed by atoms with Crippen LogP contribution in [0.5, 0.6) is 5.75 Å². The van der Waals surface area contributed by atoms with Gasteiger partial charge in [0, 0.05) is 18.2 Å². The van der Waals surface area contributed by atoms with Gasteiger partial charge in [-0.25, -0.2) is 4.79 Å². The molecule has 0 heterocycles. The molecule has 0 aliphatic rings. The predicted molar refractivity (Wildman–Crippen MR) is 72.7 cm³/mol. The molecule has 0 aliphatic heterocycles. The lowest BCUT2D eigenvalue weighted by Gasteiger charge is -2.14. The van der Waals surface area contributed by atoms with Crippen molar-refractivity contribution < 1.29 is 9.53 Å². The average molecular weight is 250 g/mol. The van der Waals surface area contributed by atoms with E-state index in [-0.39, 0.29) is 12.1 Å². The van der Waals surface area contributed by atoms with Crippen molar-refractivity contribution in [2.75, 3.05) is 7.11 Å². The van der Waals surface area contributed by atoms with E-state index in [9.17, 15) is 4.79 Å². The smallest absolute Gasteiger partial charge is 0.315 e. The van der Waals surface area contributed by atoms with Gasteiger partial charge >= 0.3 is 6.03 Å². The van der Waals surface area contributed by atoms with Crippen LogP contribution < -0.4 is 15.4 Å². The normalized spacial score (nSPS) is 11.7. The van der Waals surface area contributed by atoms with Crippen LogP contribution in [0.15, 0.2) is 24.3 Å². The number of hydrogen-bond donors (Lipinski definition) is 2. The SMILES string of the molecule is CCC[C@H](C)NC(=O)NCc1ccccc1OC. The third kappa shape index (κ3) is 4.65. The number of hydrogen-bond acceptors (Lipinski definition) is 2. The highest BCUT2D eigenvalue weighted by Crippen LogP contribution is 2.16. The first-order valence-electron chi connectivity index (χ1n) is 6.33. The first kappa shape index (κ1) is 14.4. The van der Waals surface area contributed by atoms with E-state index < -0.39 is 0 Å². The Bertz CT molecular complexity index is 380. The van der Waals surface area contributed by atoms with Crippen molar-refractivity contribution in [3.8, 4) is 5.75 Å². The van der Waals surface area contributed by atoms with Crippen molar-refractivity contribution in [2.24, 2.45) is 0 Å². The predicted octanol–water partition coefficient (Wildman–Crippen LogP) is 2.68. The number of rotatable bonds is 6. The second-order valence-corrected chi connectivity index (χ2v) is 4.33. The number of amides is 2. The van der Waals surface area contributed by atoms with Crippen molar-refractivity contribution in [1.82, 2.24) is 10.6 Å². The monoisotopic (exact) mass is 250 g/mol. The Hall–Kier alpha value is -1.71. The van der Waals surface area contributed by atoms with Crippen molar-refractivity contribution in [2.45, 2.75) is 39.3 Å². The summed E-state index contributed by atoms with van der Waals surface area (Å²) in [4.78, 5) is 11.6. The van der Waals surface area contributed by atoms with Crippen LogP contribution in [0.4, 0.5) is 4.79 Å². The lowest BCUT2D eigenvalue weighted by Crippen LogP contribution is -2.40. The van der Waals surface area contributed by atoms with Crippen molar-refractivity contribution >= 4 is 6.03 Å². The zero-order chi connectivity index (χ0) is 13.4. The second kappa shape index (κ2) is 7.58. The molecule has 2 N–H and O–H groups in total. The van der Waals surface area contributed by atoms with Gasteiger partial charge in [-0.15, -0.1) is 0 Å². The van der Waals surface area contributed by atoms with E-state index in [1.54, 1.807) is 7.11 Å². The van der Waals surface area contributed by atoms with Gasteiger partial charge in [0.2, 0.25) is 0 Å². The molecule has 0 bridgehead atoms. The minimum absolute atomic E-state index is 0.137. The van der Waals surface area contributed by atoms with Gasteiger partial charge in [0.15, 0.2) is 0 Å². The van der Waals surface area contributed by atoms with Gasteiger partial charge in [-0.05, 0) is 19.4 Å². The molecule has 0 saturated heterocycles. The first-order valence-corrected chi connectivity index (χ1v) is 6.33. The van der Waals surface area contributed by atoms with Crippen molar-refractivity contribution in [3.63, 3.8) is 0 Å². The number of para-hydroxylation sites is 1. The molecule has 4 nitrogen and oxygen atoms in total. The summed E-state index contributed by atoms with van der Waals surface area (Å²) in [6, 6.07) is 7.72. The van der Waals surface area contributed by atoms with E-state index in [4.69, 9.17) is 4.74 Å². The van der Waals surface area contributed by atoms with Gasteiger partial charge in [-0.2, -0.15) is 0 Å². The molecule has 100 valence electrons. The van der Waals surface area contributed by atoms with E-state index in [1.807, 2.05) is 31.2 Å². The number of methoxy groups -OCH3 is 1. The third-order valence-electron chi connectivity index (χ3n) is 2.73. The summed E-state index contributed by atoms with van der Waals surface area (Å²) in [6.07, 6.45) is 2.05. The summed E-state index contributed by atoms with van der Waals surface area (Å²) in [7, 11) is 1.63. The van der Waals surface area contributed by atoms with Crippen LogP contribution in [-0.4, -0.2) is 19.2 Å².